The van der Waals surface area contributed by atoms with Crippen LogP contribution < -0.4 is 4.74 Å². The van der Waals surface area contributed by atoms with Crippen molar-refractivity contribution in [3.8, 4) is 5.75 Å². The van der Waals surface area contributed by atoms with E-state index in [1.807, 2.05) is 19.9 Å². The zero-order valence-electron chi connectivity index (χ0n) is 17.9. The van der Waals surface area contributed by atoms with E-state index in [-0.39, 0.29) is 23.9 Å². The molecule has 1 aromatic rings. The van der Waals surface area contributed by atoms with Gasteiger partial charge in [-0.15, -0.1) is 0 Å². The topological polar surface area (TPSA) is 93.1 Å². The van der Waals surface area contributed by atoms with E-state index in [1.165, 1.54) is 5.56 Å². The van der Waals surface area contributed by atoms with E-state index in [0.717, 1.165) is 11.3 Å². The van der Waals surface area contributed by atoms with E-state index >= 15 is 0 Å². The SMILES string of the molecule is CC(C)(C)c1ccc2c(c1)[C@H]1O[C@@H](CCCC(=O)O)[C@@H](C(=O)O)C[C@@H]1C(C)(C)O2. The molecule has 0 aliphatic carbocycles. The summed E-state index contributed by atoms with van der Waals surface area (Å²) in [5.74, 6) is -1.75. The number of carboxylic acids is 2. The molecule has 0 aromatic heterocycles. The van der Waals surface area contributed by atoms with Crippen molar-refractivity contribution in [2.24, 2.45) is 11.8 Å². The molecule has 0 radical (unpaired) electrons. The predicted octanol–water partition coefficient (Wildman–Crippen LogP) is 4.56. The van der Waals surface area contributed by atoms with Crippen LogP contribution in [0.4, 0.5) is 0 Å². The van der Waals surface area contributed by atoms with E-state index < -0.39 is 29.6 Å². The molecule has 0 unspecified atom stereocenters. The molecule has 0 bridgehead atoms. The highest BCUT2D eigenvalue weighted by Gasteiger charge is 2.52. The molecule has 0 saturated carbocycles. The third-order valence-electron chi connectivity index (χ3n) is 6.29. The molecule has 0 amide bonds. The Hall–Kier alpha value is -2.08. The summed E-state index contributed by atoms with van der Waals surface area (Å²) >= 11 is 0. The highest BCUT2D eigenvalue weighted by atomic mass is 16.5. The summed E-state index contributed by atoms with van der Waals surface area (Å²) in [6.45, 7) is 10.4. The molecule has 29 heavy (non-hydrogen) atoms. The van der Waals surface area contributed by atoms with Gasteiger partial charge in [-0.25, -0.2) is 0 Å². The van der Waals surface area contributed by atoms with Crippen molar-refractivity contribution in [3.05, 3.63) is 29.3 Å². The highest BCUT2D eigenvalue weighted by molar-refractivity contribution is 5.71. The number of rotatable bonds is 5. The van der Waals surface area contributed by atoms with Gasteiger partial charge in [-0.3, -0.25) is 9.59 Å². The second-order valence-corrected chi connectivity index (χ2v) is 9.88. The van der Waals surface area contributed by atoms with Crippen LogP contribution in [-0.2, 0) is 19.7 Å². The summed E-state index contributed by atoms with van der Waals surface area (Å²) in [5, 5.41) is 18.7. The molecule has 160 valence electrons. The Labute approximate surface area is 172 Å². The molecule has 6 nitrogen and oxygen atoms in total. The summed E-state index contributed by atoms with van der Waals surface area (Å²) in [4.78, 5) is 22.8. The molecule has 2 aliphatic heterocycles. The first-order valence-corrected chi connectivity index (χ1v) is 10.3. The van der Waals surface area contributed by atoms with Crippen molar-refractivity contribution in [2.45, 2.75) is 83.5 Å². The van der Waals surface area contributed by atoms with Crippen LogP contribution in [-0.4, -0.2) is 33.9 Å². The lowest BCUT2D eigenvalue weighted by Gasteiger charge is -2.50. The lowest BCUT2D eigenvalue weighted by Crippen LogP contribution is -2.52. The summed E-state index contributed by atoms with van der Waals surface area (Å²) in [7, 11) is 0. The maximum atomic E-state index is 11.9. The Kier molecular flexibility index (Phi) is 5.69. The van der Waals surface area contributed by atoms with Crippen LogP contribution in [0.25, 0.3) is 0 Å². The van der Waals surface area contributed by atoms with Crippen molar-refractivity contribution in [1.82, 2.24) is 0 Å². The van der Waals surface area contributed by atoms with Crippen LogP contribution in [0.5, 0.6) is 5.75 Å². The minimum Gasteiger partial charge on any atom is -0.487 e. The molecular weight excluding hydrogens is 372 g/mol. The monoisotopic (exact) mass is 404 g/mol. The fourth-order valence-electron chi connectivity index (χ4n) is 4.54. The number of carbonyl (C=O) groups is 2. The van der Waals surface area contributed by atoms with Gasteiger partial charge in [0.05, 0.1) is 18.1 Å². The van der Waals surface area contributed by atoms with Crippen molar-refractivity contribution >= 4 is 11.9 Å². The Morgan fingerprint density at radius 2 is 1.90 bits per heavy atom. The highest BCUT2D eigenvalue weighted by Crippen LogP contribution is 2.53. The van der Waals surface area contributed by atoms with Gasteiger partial charge in [0.2, 0.25) is 0 Å². The number of ether oxygens (including phenoxy) is 2. The van der Waals surface area contributed by atoms with Crippen LogP contribution >= 0.6 is 0 Å². The van der Waals surface area contributed by atoms with Gasteiger partial charge in [0.25, 0.3) is 0 Å². The number of carboxylic acid groups (broad SMARTS) is 2. The van der Waals surface area contributed by atoms with Gasteiger partial charge >= 0.3 is 11.9 Å². The van der Waals surface area contributed by atoms with Crippen LogP contribution in [0, 0.1) is 11.8 Å². The van der Waals surface area contributed by atoms with Gasteiger partial charge in [-0.05, 0) is 56.2 Å². The molecule has 1 saturated heterocycles. The van der Waals surface area contributed by atoms with Gasteiger partial charge in [0, 0.05) is 17.9 Å². The fourth-order valence-corrected chi connectivity index (χ4v) is 4.54. The zero-order valence-corrected chi connectivity index (χ0v) is 17.9. The van der Waals surface area contributed by atoms with Gasteiger partial charge in [0.15, 0.2) is 0 Å². The van der Waals surface area contributed by atoms with Crippen LogP contribution in [0.3, 0.4) is 0 Å². The van der Waals surface area contributed by atoms with E-state index in [0.29, 0.717) is 19.3 Å². The maximum Gasteiger partial charge on any atom is 0.309 e. The quantitative estimate of drug-likeness (QED) is 0.747. The molecule has 0 spiro atoms. The number of fused-ring (bicyclic) bond motifs is 3. The molecule has 3 rings (SSSR count). The summed E-state index contributed by atoms with van der Waals surface area (Å²) < 4.78 is 12.7. The first-order chi connectivity index (χ1) is 13.4. The Morgan fingerprint density at radius 3 is 2.48 bits per heavy atom. The molecule has 2 aliphatic rings. The number of hydrogen-bond acceptors (Lipinski definition) is 4. The van der Waals surface area contributed by atoms with Gasteiger partial charge in [-0.2, -0.15) is 0 Å². The van der Waals surface area contributed by atoms with Crippen LogP contribution in [0.1, 0.15) is 77.5 Å². The largest absolute Gasteiger partial charge is 0.487 e. The number of benzene rings is 1. The second-order valence-electron chi connectivity index (χ2n) is 9.88. The molecule has 4 atom stereocenters. The third-order valence-corrected chi connectivity index (χ3v) is 6.29. The third kappa shape index (κ3) is 4.42. The molecule has 1 aromatic carbocycles. The summed E-state index contributed by atoms with van der Waals surface area (Å²) in [6.07, 6.45) is 0.510. The van der Waals surface area contributed by atoms with Crippen molar-refractivity contribution in [2.75, 3.05) is 0 Å². The summed E-state index contributed by atoms with van der Waals surface area (Å²) in [5.41, 5.74) is 1.55. The van der Waals surface area contributed by atoms with Crippen LogP contribution in [0.2, 0.25) is 0 Å². The smallest absolute Gasteiger partial charge is 0.309 e. The molecule has 6 heteroatoms. The molecular formula is C23H32O6. The molecule has 1 fully saturated rings. The number of aliphatic carboxylic acids is 2. The zero-order chi connectivity index (χ0) is 21.6. The lowest BCUT2D eigenvalue weighted by atomic mass is 9.70. The first kappa shape index (κ1) is 21.6. The van der Waals surface area contributed by atoms with Crippen molar-refractivity contribution < 1.29 is 29.3 Å². The minimum absolute atomic E-state index is 0.0135. The van der Waals surface area contributed by atoms with Crippen molar-refractivity contribution in [1.29, 1.82) is 0 Å². The van der Waals surface area contributed by atoms with Gasteiger partial charge in [0.1, 0.15) is 11.4 Å². The second kappa shape index (κ2) is 7.63. The van der Waals surface area contributed by atoms with E-state index in [4.69, 9.17) is 14.6 Å². The average Bonchev–Trinajstić information content (AvgIpc) is 2.59. The minimum atomic E-state index is -0.895. The van der Waals surface area contributed by atoms with E-state index in [2.05, 4.69) is 32.9 Å². The van der Waals surface area contributed by atoms with Gasteiger partial charge < -0.3 is 19.7 Å². The van der Waals surface area contributed by atoms with E-state index in [9.17, 15) is 14.7 Å². The predicted molar refractivity (Wildman–Crippen MR) is 108 cm³/mol. The summed E-state index contributed by atoms with van der Waals surface area (Å²) in [6, 6.07) is 6.18. The first-order valence-electron chi connectivity index (χ1n) is 10.3. The molecule has 2 N–H and O–H groups in total. The lowest BCUT2D eigenvalue weighted by molar-refractivity contribution is -0.188. The fraction of sp³-hybridized carbons (Fsp3) is 0.652. The Bertz CT molecular complexity index is 791. The Morgan fingerprint density at radius 1 is 1.21 bits per heavy atom. The van der Waals surface area contributed by atoms with Crippen molar-refractivity contribution in [3.63, 3.8) is 0 Å². The maximum absolute atomic E-state index is 11.9. The number of hydrogen-bond donors (Lipinski definition) is 2. The average molecular weight is 405 g/mol. The van der Waals surface area contributed by atoms with E-state index in [1.54, 1.807) is 0 Å². The Balaban J connectivity index is 1.96. The van der Waals surface area contributed by atoms with Gasteiger partial charge in [-0.1, -0.05) is 26.8 Å². The standard InChI is InChI=1S/C23H32O6/c1-22(2,3)13-9-10-18-14(11-13)20-16(23(4,5)29-18)12-15(21(26)27)17(28-20)7-6-8-19(24)25/h9-11,15-17,20H,6-8,12H2,1-5H3,(H,24,25)(H,26,27)/t15-,16-,17-,20+/m0/s1. The van der Waals surface area contributed by atoms with Crippen LogP contribution in [0.15, 0.2) is 18.2 Å². The molecule has 2 heterocycles. The normalized spacial score (nSPS) is 28.0.